The normalized spacial score (nSPS) is 25.9. The fourth-order valence-electron chi connectivity index (χ4n) is 10.7. The first-order valence-electron chi connectivity index (χ1n) is 31.1. The Morgan fingerprint density at radius 3 is 1.60 bits per heavy atom. The molecule has 24 heteroatoms. The fraction of sp³-hybridized carbons (Fsp3) is 0.948. The minimum atomic E-state index is -5.44. The molecule has 2 aliphatic heterocycles. The summed E-state index contributed by atoms with van der Waals surface area (Å²) in [6, 6.07) is -3.25. The van der Waals surface area contributed by atoms with E-state index in [0.717, 1.165) is 71.1 Å². The zero-order valence-electron chi connectivity index (χ0n) is 49.8. The summed E-state index contributed by atoms with van der Waals surface area (Å²) in [7, 11) is -5.44. The zero-order valence-corrected chi connectivity index (χ0v) is 50.6. The van der Waals surface area contributed by atoms with Crippen molar-refractivity contribution in [1.82, 2.24) is 10.6 Å². The Hall–Kier alpha value is -2.24. The highest BCUT2D eigenvalue weighted by Crippen LogP contribution is 2.37. The number of amides is 2. The number of aliphatic hydroxyl groups is 9. The fourth-order valence-corrected chi connectivity index (χ4v) is 11.2. The van der Waals surface area contributed by atoms with E-state index in [0.29, 0.717) is 18.8 Å². The highest BCUT2D eigenvalue weighted by atomic mass is 32.3. The number of nitrogens with one attached hydrogen (secondary N) is 2. The predicted octanol–water partition coefficient (Wildman–Crippen LogP) is 5.14. The van der Waals surface area contributed by atoms with Crippen LogP contribution >= 0.6 is 0 Å². The van der Waals surface area contributed by atoms with Gasteiger partial charge in [0.2, 0.25) is 11.8 Å². The Morgan fingerprint density at radius 2 is 1.15 bits per heavy atom. The number of carboxylic acid groups (broad SMARTS) is 1. The number of ether oxygens (including phenoxy) is 4. The van der Waals surface area contributed by atoms with Gasteiger partial charge < -0.3 is 80.6 Å². The summed E-state index contributed by atoms with van der Waals surface area (Å²) in [6.07, 6.45) is 9.12. The summed E-state index contributed by atoms with van der Waals surface area (Å²) in [5, 5.41) is 113. The molecule has 484 valence electrons. The highest BCUT2D eigenvalue weighted by Gasteiger charge is 2.58. The van der Waals surface area contributed by atoms with Gasteiger partial charge in [0, 0.05) is 13.3 Å². The number of carbonyl (C=O) groups excluding carboxylic acids is 2. The molecule has 23 nitrogen and oxygen atoms in total. The Balaban J connectivity index is 2.08. The molecule has 0 aromatic heterocycles. The van der Waals surface area contributed by atoms with Crippen molar-refractivity contribution in [2.45, 2.75) is 324 Å². The largest absolute Gasteiger partial charge is 0.477 e. The molecule has 2 amide bonds. The molecule has 2 fully saturated rings. The van der Waals surface area contributed by atoms with Crippen LogP contribution in [0, 0.1) is 5.92 Å². The average molecular weight is 1200 g/mol. The summed E-state index contributed by atoms with van der Waals surface area (Å²) in [6.45, 7) is 4.71. The number of aliphatic carboxylic acids is 1. The third-order valence-electron chi connectivity index (χ3n) is 16.2. The van der Waals surface area contributed by atoms with Crippen molar-refractivity contribution < 1.29 is 102 Å². The molecule has 10 unspecified atom stereocenters. The molecule has 0 spiro atoms. The summed E-state index contributed by atoms with van der Waals surface area (Å²) in [5.74, 6) is -6.19. The number of carbonyl (C=O) groups is 3. The second-order valence-electron chi connectivity index (χ2n) is 23.3. The lowest BCUT2D eigenvalue weighted by Crippen LogP contribution is -2.69. The maximum absolute atomic E-state index is 13.5. The van der Waals surface area contributed by atoms with Crippen LogP contribution in [-0.2, 0) is 47.9 Å². The molecule has 82 heavy (non-hydrogen) atoms. The molecule has 2 saturated heterocycles. The van der Waals surface area contributed by atoms with E-state index in [9.17, 15) is 78.4 Å². The van der Waals surface area contributed by atoms with Gasteiger partial charge in [0.25, 0.3) is 5.79 Å². The Bertz CT molecular complexity index is 1810. The topological polar surface area (TPSA) is 378 Å². The molecule has 2 heterocycles. The summed E-state index contributed by atoms with van der Waals surface area (Å²) >= 11 is 0. The van der Waals surface area contributed by atoms with E-state index < -0.39 is 146 Å². The van der Waals surface area contributed by atoms with E-state index >= 15 is 0 Å². The quantitative estimate of drug-likeness (QED) is 0.0277. The molecule has 16 atom stereocenters. The van der Waals surface area contributed by atoms with Crippen LogP contribution in [0.25, 0.3) is 0 Å². The Labute approximate surface area is 488 Å². The van der Waals surface area contributed by atoms with Crippen LogP contribution in [0.15, 0.2) is 0 Å². The lowest BCUT2D eigenvalue weighted by atomic mass is 9.88. The SMILES string of the molecule is CCCCCCCCCCCCCCCCCCCCCC[C@@H](O)C(=O)N[C@@H](CO[C@@H]1OC(COC2(C(=O)O)CC(OS(=O)(=O)O)C(NC(C)=O)C(C(O)C(O)CO)O2)[C@@H](O)C(O)C1O)[C@H](O)[C@H](O)CCCCCCCCCC(C)CC. The van der Waals surface area contributed by atoms with Gasteiger partial charge in [-0.2, -0.15) is 8.42 Å². The second-order valence-corrected chi connectivity index (χ2v) is 24.3. The third-order valence-corrected chi connectivity index (χ3v) is 16.7. The molecule has 2 rings (SSSR count). The van der Waals surface area contributed by atoms with E-state index in [1.807, 2.05) is 0 Å². The van der Waals surface area contributed by atoms with Crippen LogP contribution in [0.2, 0.25) is 0 Å². The highest BCUT2D eigenvalue weighted by molar-refractivity contribution is 7.80. The molecule has 0 radical (unpaired) electrons. The molecule has 0 aliphatic carbocycles. The zero-order chi connectivity index (χ0) is 61.1. The van der Waals surface area contributed by atoms with Gasteiger partial charge in [-0.1, -0.05) is 207 Å². The number of hydrogen-bond acceptors (Lipinski definition) is 19. The van der Waals surface area contributed by atoms with Crippen LogP contribution in [0.3, 0.4) is 0 Å². The van der Waals surface area contributed by atoms with Crippen molar-refractivity contribution in [3.05, 3.63) is 0 Å². The van der Waals surface area contributed by atoms with E-state index in [4.69, 9.17) is 18.9 Å². The lowest BCUT2D eigenvalue weighted by Gasteiger charge is -2.48. The van der Waals surface area contributed by atoms with Crippen LogP contribution in [0.1, 0.15) is 233 Å². The lowest BCUT2D eigenvalue weighted by molar-refractivity contribution is -0.338. The van der Waals surface area contributed by atoms with Gasteiger partial charge in [0.1, 0.15) is 61.0 Å². The number of hydrogen-bond donors (Lipinski definition) is 13. The van der Waals surface area contributed by atoms with Gasteiger partial charge in [-0.25, -0.2) is 8.98 Å². The molecular weight excluding hydrogens is 1090 g/mol. The molecule has 0 aromatic carbocycles. The second kappa shape index (κ2) is 42.6. The molecule has 13 N–H and O–H groups in total. The first kappa shape index (κ1) is 75.9. The smallest absolute Gasteiger partial charge is 0.397 e. The summed E-state index contributed by atoms with van der Waals surface area (Å²) < 4.78 is 60.9. The average Bonchev–Trinajstić information content (AvgIpc) is 3.56. The molecule has 0 bridgehead atoms. The number of unbranched alkanes of at least 4 members (excludes halogenated alkanes) is 25. The maximum atomic E-state index is 13.5. The van der Waals surface area contributed by atoms with Crippen LogP contribution in [0.5, 0.6) is 0 Å². The monoisotopic (exact) mass is 1200 g/mol. The van der Waals surface area contributed by atoms with E-state index in [2.05, 4.69) is 35.6 Å². The van der Waals surface area contributed by atoms with Gasteiger partial charge in [-0.15, -0.1) is 0 Å². The van der Waals surface area contributed by atoms with E-state index in [-0.39, 0.29) is 12.8 Å². The minimum Gasteiger partial charge on any atom is -0.477 e. The van der Waals surface area contributed by atoms with Crippen LogP contribution in [-0.4, -0.2) is 193 Å². The molecule has 0 aromatic rings. The Kier molecular flexibility index (Phi) is 39.4. The van der Waals surface area contributed by atoms with Crippen molar-refractivity contribution in [2.24, 2.45) is 5.92 Å². The van der Waals surface area contributed by atoms with E-state index in [1.165, 1.54) is 109 Å². The van der Waals surface area contributed by atoms with Crippen LogP contribution in [0.4, 0.5) is 0 Å². The van der Waals surface area contributed by atoms with Crippen molar-refractivity contribution >= 4 is 28.2 Å². The minimum absolute atomic E-state index is 0.116. The van der Waals surface area contributed by atoms with Crippen LogP contribution < -0.4 is 10.6 Å². The first-order valence-corrected chi connectivity index (χ1v) is 32.5. The molecule has 2 aliphatic rings. The van der Waals surface area contributed by atoms with Gasteiger partial charge in [0.05, 0.1) is 38.0 Å². The molecular formula is C58H110N2O21S. The number of aliphatic hydroxyl groups excluding tert-OH is 9. The standard InChI is InChI=1S/C58H110N2O21S/c1-5-7-8-9-10-11-12-13-14-15-16-17-18-19-20-21-22-25-29-32-35-44(64)55(71)60-42(49(66)43(63)34-31-28-26-23-24-27-30-33-40(3)6-2)38-77-56-53(70)52(69)51(68)47(79-56)39-78-58(57(72)73)36-46(81-82(74,75)76)48(59-41(4)62)54(80-58)50(67)45(65)37-61/h40,42-54,56,61,63-70H,5-39H2,1-4H3,(H,59,62)(H,60,71)(H,72,73)(H,74,75,76)/t40?,42-,43+,44+,45?,46?,47?,48?,49-,50?,51+,52?,53?,54?,56+,58?/m0/s1. The van der Waals surface area contributed by atoms with Gasteiger partial charge in [0.15, 0.2) is 6.29 Å². The Morgan fingerprint density at radius 1 is 0.671 bits per heavy atom. The van der Waals surface area contributed by atoms with Crippen molar-refractivity contribution in [1.29, 1.82) is 0 Å². The van der Waals surface area contributed by atoms with Gasteiger partial charge in [-0.3, -0.25) is 14.1 Å². The van der Waals surface area contributed by atoms with Gasteiger partial charge in [-0.05, 0) is 18.8 Å². The molecule has 0 saturated carbocycles. The third kappa shape index (κ3) is 29.9. The summed E-state index contributed by atoms with van der Waals surface area (Å²) in [4.78, 5) is 38.6. The van der Waals surface area contributed by atoms with E-state index in [1.54, 1.807) is 0 Å². The number of carboxylic acids is 1. The maximum Gasteiger partial charge on any atom is 0.397 e. The summed E-state index contributed by atoms with van der Waals surface area (Å²) in [5.41, 5.74) is 0. The van der Waals surface area contributed by atoms with Crippen molar-refractivity contribution in [3.63, 3.8) is 0 Å². The first-order chi connectivity index (χ1) is 39.0. The number of rotatable bonds is 49. The van der Waals surface area contributed by atoms with Gasteiger partial charge >= 0.3 is 16.4 Å². The van der Waals surface area contributed by atoms with Crippen molar-refractivity contribution in [2.75, 3.05) is 19.8 Å². The van der Waals surface area contributed by atoms with Crippen molar-refractivity contribution in [3.8, 4) is 0 Å². The predicted molar refractivity (Wildman–Crippen MR) is 305 cm³/mol.